The van der Waals surface area contributed by atoms with Crippen LogP contribution in [-0.4, -0.2) is 15.0 Å². The van der Waals surface area contributed by atoms with Gasteiger partial charge in [0.15, 0.2) is 0 Å². The lowest BCUT2D eigenvalue weighted by Gasteiger charge is -2.05. The van der Waals surface area contributed by atoms with Crippen molar-refractivity contribution in [2.45, 2.75) is 0 Å². The van der Waals surface area contributed by atoms with E-state index >= 15 is 0 Å². The zero-order chi connectivity index (χ0) is 12.4. The molecule has 0 saturated heterocycles. The first-order valence-electron chi connectivity index (χ1n) is 5.42. The number of ether oxygens (including phenoxy) is 1. The van der Waals surface area contributed by atoms with Crippen molar-refractivity contribution in [3.05, 3.63) is 48.8 Å². The summed E-state index contributed by atoms with van der Waals surface area (Å²) < 4.78 is 5.57. The quantitative estimate of drug-likeness (QED) is 0.742. The number of fused-ring (bicyclic) bond motifs is 1. The van der Waals surface area contributed by atoms with Crippen molar-refractivity contribution >= 4 is 16.9 Å². The van der Waals surface area contributed by atoms with Gasteiger partial charge in [-0.25, -0.2) is 4.98 Å². The number of aromatic nitrogens is 3. The minimum Gasteiger partial charge on any atom is -0.437 e. The minimum atomic E-state index is 0.182. The highest BCUT2D eigenvalue weighted by Crippen LogP contribution is 2.22. The average Bonchev–Trinajstić information content (AvgIpc) is 2.39. The fourth-order valence-electron chi connectivity index (χ4n) is 1.64. The van der Waals surface area contributed by atoms with E-state index in [2.05, 4.69) is 15.0 Å². The number of nitrogens with two attached hydrogens (primary N) is 1. The average molecular weight is 238 g/mol. The normalized spacial score (nSPS) is 10.4. The van der Waals surface area contributed by atoms with Gasteiger partial charge in [-0.1, -0.05) is 18.2 Å². The fraction of sp³-hybridized carbons (Fsp3) is 0. The van der Waals surface area contributed by atoms with Crippen LogP contribution in [0.1, 0.15) is 0 Å². The Morgan fingerprint density at radius 2 is 1.94 bits per heavy atom. The number of benzene rings is 1. The number of nitrogen functional groups attached to an aromatic ring is 1. The molecule has 2 heterocycles. The molecule has 2 aromatic heterocycles. The summed E-state index contributed by atoms with van der Waals surface area (Å²) in [5, 5.41) is 1.01. The summed E-state index contributed by atoms with van der Waals surface area (Å²) in [4.78, 5) is 12.1. The van der Waals surface area contributed by atoms with Crippen LogP contribution in [0.4, 0.5) is 5.95 Å². The second-order valence-electron chi connectivity index (χ2n) is 3.72. The Hall–Kier alpha value is -2.69. The Labute approximate surface area is 103 Å². The molecule has 0 spiro atoms. The van der Waals surface area contributed by atoms with Crippen LogP contribution in [0, 0.1) is 0 Å². The third-order valence-corrected chi connectivity index (χ3v) is 2.44. The number of pyridine rings is 1. The summed E-state index contributed by atoms with van der Waals surface area (Å²) in [5.74, 6) is 1.20. The van der Waals surface area contributed by atoms with Gasteiger partial charge in [0.25, 0.3) is 0 Å². The van der Waals surface area contributed by atoms with E-state index in [9.17, 15) is 0 Å². The molecule has 3 aromatic rings. The van der Waals surface area contributed by atoms with Gasteiger partial charge < -0.3 is 10.5 Å². The number of hydrogen-bond acceptors (Lipinski definition) is 5. The van der Waals surface area contributed by atoms with Crippen LogP contribution in [-0.2, 0) is 0 Å². The Kier molecular flexibility index (Phi) is 2.49. The summed E-state index contributed by atoms with van der Waals surface area (Å²) in [5.41, 5.74) is 6.41. The summed E-state index contributed by atoms with van der Waals surface area (Å²) in [6, 6.07) is 11.4. The molecule has 0 aliphatic heterocycles. The van der Waals surface area contributed by atoms with E-state index in [1.165, 1.54) is 0 Å². The number of para-hydroxylation sites is 1. The van der Waals surface area contributed by atoms with Crippen LogP contribution in [0.2, 0.25) is 0 Å². The predicted molar refractivity (Wildman–Crippen MR) is 68.3 cm³/mol. The van der Waals surface area contributed by atoms with Crippen LogP contribution >= 0.6 is 0 Å². The standard InChI is InChI=1S/C13H10N4O/c14-13-15-6-5-12(17-13)18-10-7-9-3-1-2-4-11(9)16-8-10/h1-8H,(H2,14,15,17). The monoisotopic (exact) mass is 238 g/mol. The van der Waals surface area contributed by atoms with Gasteiger partial charge in [0, 0.05) is 17.6 Å². The highest BCUT2D eigenvalue weighted by molar-refractivity contribution is 5.79. The maximum atomic E-state index is 5.57. The van der Waals surface area contributed by atoms with Gasteiger partial charge in [-0.15, -0.1) is 0 Å². The third kappa shape index (κ3) is 2.06. The van der Waals surface area contributed by atoms with Crippen LogP contribution in [0.5, 0.6) is 11.6 Å². The molecule has 18 heavy (non-hydrogen) atoms. The zero-order valence-electron chi connectivity index (χ0n) is 9.45. The van der Waals surface area contributed by atoms with E-state index in [-0.39, 0.29) is 5.95 Å². The number of hydrogen-bond donors (Lipinski definition) is 1. The molecule has 0 radical (unpaired) electrons. The molecule has 5 nitrogen and oxygen atoms in total. The van der Waals surface area contributed by atoms with E-state index in [4.69, 9.17) is 10.5 Å². The van der Waals surface area contributed by atoms with E-state index in [0.29, 0.717) is 11.6 Å². The first-order valence-corrected chi connectivity index (χ1v) is 5.42. The molecular weight excluding hydrogens is 228 g/mol. The van der Waals surface area contributed by atoms with Gasteiger partial charge in [0.2, 0.25) is 11.8 Å². The molecule has 0 aliphatic carbocycles. The molecule has 0 aliphatic rings. The second-order valence-corrected chi connectivity index (χ2v) is 3.72. The highest BCUT2D eigenvalue weighted by Gasteiger charge is 2.01. The molecule has 1 aromatic carbocycles. The van der Waals surface area contributed by atoms with E-state index in [1.807, 2.05) is 30.3 Å². The van der Waals surface area contributed by atoms with Crippen molar-refractivity contribution in [1.29, 1.82) is 0 Å². The van der Waals surface area contributed by atoms with E-state index in [0.717, 1.165) is 10.9 Å². The van der Waals surface area contributed by atoms with Gasteiger partial charge in [-0.3, -0.25) is 4.98 Å². The fourth-order valence-corrected chi connectivity index (χ4v) is 1.64. The lowest BCUT2D eigenvalue weighted by Crippen LogP contribution is -1.96. The molecule has 0 amide bonds. The van der Waals surface area contributed by atoms with Gasteiger partial charge >= 0.3 is 0 Å². The summed E-state index contributed by atoms with van der Waals surface area (Å²) in [7, 11) is 0. The first-order chi connectivity index (χ1) is 8.81. The lowest BCUT2D eigenvalue weighted by atomic mass is 10.2. The minimum absolute atomic E-state index is 0.182. The molecule has 0 fully saturated rings. The van der Waals surface area contributed by atoms with Crippen molar-refractivity contribution in [1.82, 2.24) is 15.0 Å². The maximum absolute atomic E-state index is 5.57. The molecule has 0 unspecified atom stereocenters. The Balaban J connectivity index is 1.95. The molecule has 3 rings (SSSR count). The summed E-state index contributed by atoms with van der Waals surface area (Å²) >= 11 is 0. The number of nitrogens with zero attached hydrogens (tertiary/aromatic N) is 3. The second kappa shape index (κ2) is 4.29. The Morgan fingerprint density at radius 3 is 2.83 bits per heavy atom. The van der Waals surface area contributed by atoms with Gasteiger partial charge in [0.05, 0.1) is 11.7 Å². The topological polar surface area (TPSA) is 73.9 Å². The highest BCUT2D eigenvalue weighted by atomic mass is 16.5. The molecule has 88 valence electrons. The van der Waals surface area contributed by atoms with Crippen LogP contribution in [0.15, 0.2) is 48.8 Å². The summed E-state index contributed by atoms with van der Waals surface area (Å²) in [6.45, 7) is 0. The zero-order valence-corrected chi connectivity index (χ0v) is 9.45. The summed E-state index contributed by atoms with van der Waals surface area (Å²) in [6.07, 6.45) is 3.20. The SMILES string of the molecule is Nc1nccc(Oc2cnc3ccccc3c2)n1. The molecule has 0 saturated carbocycles. The molecule has 0 atom stereocenters. The van der Waals surface area contributed by atoms with Crippen LogP contribution in [0.25, 0.3) is 10.9 Å². The van der Waals surface area contributed by atoms with Gasteiger partial charge in [-0.2, -0.15) is 4.98 Å². The van der Waals surface area contributed by atoms with Crippen molar-refractivity contribution in [3.8, 4) is 11.6 Å². The molecular formula is C13H10N4O. The van der Waals surface area contributed by atoms with Crippen molar-refractivity contribution in [2.24, 2.45) is 0 Å². The molecule has 2 N–H and O–H groups in total. The van der Waals surface area contributed by atoms with Crippen LogP contribution < -0.4 is 10.5 Å². The Bertz CT molecular complexity index is 699. The molecule has 0 bridgehead atoms. The Morgan fingerprint density at radius 1 is 1.06 bits per heavy atom. The maximum Gasteiger partial charge on any atom is 0.224 e. The lowest BCUT2D eigenvalue weighted by molar-refractivity contribution is 0.461. The van der Waals surface area contributed by atoms with Gasteiger partial charge in [-0.05, 0) is 12.1 Å². The van der Waals surface area contributed by atoms with Crippen molar-refractivity contribution in [3.63, 3.8) is 0 Å². The largest absolute Gasteiger partial charge is 0.437 e. The number of rotatable bonds is 2. The number of anilines is 1. The van der Waals surface area contributed by atoms with Crippen LogP contribution in [0.3, 0.4) is 0 Å². The smallest absolute Gasteiger partial charge is 0.224 e. The van der Waals surface area contributed by atoms with Crippen molar-refractivity contribution in [2.75, 3.05) is 5.73 Å². The van der Waals surface area contributed by atoms with Gasteiger partial charge in [0.1, 0.15) is 5.75 Å². The predicted octanol–water partition coefficient (Wildman–Crippen LogP) is 2.40. The molecule has 5 heteroatoms. The third-order valence-electron chi connectivity index (χ3n) is 2.44. The first kappa shape index (κ1) is 10.5. The van der Waals surface area contributed by atoms with E-state index in [1.54, 1.807) is 18.5 Å². The van der Waals surface area contributed by atoms with E-state index < -0.39 is 0 Å². The van der Waals surface area contributed by atoms with Crippen molar-refractivity contribution < 1.29 is 4.74 Å².